The van der Waals surface area contributed by atoms with Crippen molar-refractivity contribution in [3.05, 3.63) is 46.1 Å². The first-order valence-electron chi connectivity index (χ1n) is 9.40. The van der Waals surface area contributed by atoms with Gasteiger partial charge in [-0.3, -0.25) is 0 Å². The maximum absolute atomic E-state index is 4.67. The molecule has 0 aliphatic rings. The van der Waals surface area contributed by atoms with Crippen LogP contribution in [0.4, 0.5) is 0 Å². The molecular weight excluding hydrogens is 371 g/mol. The molecule has 0 heterocycles. The molecule has 0 saturated heterocycles. The number of benzene rings is 1. The summed E-state index contributed by atoms with van der Waals surface area (Å²) in [6, 6.07) is 11.0. The van der Waals surface area contributed by atoms with Gasteiger partial charge in [0.25, 0.3) is 0 Å². The van der Waals surface area contributed by atoms with Gasteiger partial charge in [-0.1, -0.05) is 0 Å². The van der Waals surface area contributed by atoms with Gasteiger partial charge in [0.1, 0.15) is 0 Å². The second-order valence-electron chi connectivity index (χ2n) is 6.86. The molecule has 1 heteroatoms. The van der Waals surface area contributed by atoms with Crippen LogP contribution in [0.2, 0.25) is 13.3 Å². The Morgan fingerprint density at radius 2 is 1.27 bits per heavy atom. The van der Waals surface area contributed by atoms with Crippen molar-refractivity contribution >= 4 is 18.4 Å². The summed E-state index contributed by atoms with van der Waals surface area (Å²) < 4.78 is 6.31. The molecule has 1 aromatic carbocycles. The Labute approximate surface area is 143 Å². The molecule has 0 saturated carbocycles. The predicted octanol–water partition coefficient (Wildman–Crippen LogP) is 7.17. The van der Waals surface area contributed by atoms with Crippen molar-refractivity contribution < 1.29 is 0 Å². The first-order valence-corrected chi connectivity index (χ1v) is 16.9. The molecule has 0 aromatic heterocycles. The van der Waals surface area contributed by atoms with Gasteiger partial charge in [0.2, 0.25) is 0 Å². The normalized spacial score (nSPS) is 11.6. The van der Waals surface area contributed by atoms with Crippen molar-refractivity contribution in [1.29, 1.82) is 0 Å². The Kier molecular flexibility index (Phi) is 10.2. The molecule has 0 aliphatic heterocycles. The fourth-order valence-electron chi connectivity index (χ4n) is 3.48. The molecule has 22 heavy (non-hydrogen) atoms. The van der Waals surface area contributed by atoms with Crippen molar-refractivity contribution in [2.45, 2.75) is 79.0 Å². The molecular formula is C21H36Sn. The number of hydrogen-bond acceptors (Lipinski definition) is 0. The zero-order valence-corrected chi connectivity index (χ0v) is 18.0. The summed E-state index contributed by atoms with van der Waals surface area (Å²) in [4.78, 5) is 0. The van der Waals surface area contributed by atoms with E-state index in [2.05, 4.69) is 57.7 Å². The summed E-state index contributed by atoms with van der Waals surface area (Å²) in [5.74, 6) is 0. The molecule has 0 radical (unpaired) electrons. The van der Waals surface area contributed by atoms with Crippen LogP contribution >= 0.6 is 0 Å². The van der Waals surface area contributed by atoms with Gasteiger partial charge in [-0.15, -0.1) is 0 Å². The van der Waals surface area contributed by atoms with E-state index in [1.54, 1.807) is 3.59 Å². The van der Waals surface area contributed by atoms with Crippen LogP contribution in [0.15, 0.2) is 40.5 Å². The van der Waals surface area contributed by atoms with Gasteiger partial charge in [-0.2, -0.15) is 0 Å². The van der Waals surface area contributed by atoms with E-state index >= 15 is 0 Å². The van der Waals surface area contributed by atoms with Gasteiger partial charge in [-0.25, -0.2) is 0 Å². The van der Waals surface area contributed by atoms with Crippen LogP contribution in [0.5, 0.6) is 0 Å². The van der Waals surface area contributed by atoms with Crippen LogP contribution in [0, 0.1) is 0 Å². The average molecular weight is 407 g/mol. The fourth-order valence-corrected chi connectivity index (χ4v) is 19.1. The minimum absolute atomic E-state index is 1.15. The Morgan fingerprint density at radius 1 is 0.818 bits per heavy atom. The number of hydrogen-bond donors (Lipinski definition) is 0. The van der Waals surface area contributed by atoms with Crippen molar-refractivity contribution in [2.24, 2.45) is 0 Å². The van der Waals surface area contributed by atoms with E-state index in [1.807, 2.05) is 0 Å². The quantitative estimate of drug-likeness (QED) is 0.322. The Balaban J connectivity index is 2.89. The van der Waals surface area contributed by atoms with E-state index in [0.29, 0.717) is 0 Å². The van der Waals surface area contributed by atoms with Gasteiger partial charge in [0, 0.05) is 0 Å². The summed E-state index contributed by atoms with van der Waals surface area (Å²) in [6.07, 6.45) is 9.46. The maximum atomic E-state index is 4.67. The molecule has 0 unspecified atom stereocenters. The van der Waals surface area contributed by atoms with Gasteiger partial charge in [-0.05, 0) is 0 Å². The third-order valence-corrected chi connectivity index (χ3v) is 21.0. The van der Waals surface area contributed by atoms with Crippen molar-refractivity contribution in [3.63, 3.8) is 0 Å². The number of allylic oxidation sites excluding steroid dienone is 1. The van der Waals surface area contributed by atoms with Gasteiger partial charge in [0.15, 0.2) is 0 Å². The summed E-state index contributed by atoms with van der Waals surface area (Å²) in [5.41, 5.74) is 1.47. The zero-order valence-electron chi connectivity index (χ0n) is 15.2. The molecule has 1 aromatic rings. The first-order chi connectivity index (χ1) is 10.7. The van der Waals surface area contributed by atoms with E-state index in [4.69, 9.17) is 0 Å². The third-order valence-electron chi connectivity index (χ3n) is 5.04. The summed E-state index contributed by atoms with van der Waals surface area (Å²) >= 11 is -2.22. The van der Waals surface area contributed by atoms with Gasteiger partial charge < -0.3 is 0 Å². The van der Waals surface area contributed by atoms with Crippen molar-refractivity contribution in [2.75, 3.05) is 0 Å². The molecule has 0 spiro atoms. The van der Waals surface area contributed by atoms with Crippen LogP contribution in [0.3, 0.4) is 0 Å². The van der Waals surface area contributed by atoms with Crippen LogP contribution in [0.25, 0.3) is 0 Å². The van der Waals surface area contributed by atoms with Crippen LogP contribution in [0.1, 0.15) is 64.9 Å². The molecule has 0 fully saturated rings. The summed E-state index contributed by atoms with van der Waals surface area (Å²) in [7, 11) is 0. The summed E-state index contributed by atoms with van der Waals surface area (Å²) in [6.45, 7) is 11.7. The molecule has 0 amide bonds. The first kappa shape index (κ1) is 19.8. The second kappa shape index (κ2) is 11.3. The third kappa shape index (κ3) is 6.48. The van der Waals surface area contributed by atoms with Crippen molar-refractivity contribution in [1.82, 2.24) is 0 Å². The minimum atomic E-state index is -2.22. The molecule has 0 bridgehead atoms. The Hall–Kier alpha value is -0.241. The second-order valence-corrected chi connectivity index (χ2v) is 20.5. The number of unbranched alkanes of at least 4 members (excludes halogenated alkanes) is 3. The average Bonchev–Trinajstić information content (AvgIpc) is 2.55. The molecule has 1 rings (SSSR count). The molecule has 0 aliphatic carbocycles. The van der Waals surface area contributed by atoms with E-state index < -0.39 is 18.4 Å². The fraction of sp³-hybridized carbons (Fsp3) is 0.619. The predicted molar refractivity (Wildman–Crippen MR) is 104 cm³/mol. The molecule has 0 nitrogen and oxygen atoms in total. The molecule has 0 atom stereocenters. The Bertz CT molecular complexity index is 385. The van der Waals surface area contributed by atoms with E-state index in [9.17, 15) is 0 Å². The van der Waals surface area contributed by atoms with Crippen LogP contribution in [-0.2, 0) is 6.42 Å². The van der Waals surface area contributed by atoms with Crippen molar-refractivity contribution in [3.8, 4) is 0 Å². The molecule has 124 valence electrons. The van der Waals surface area contributed by atoms with E-state index in [1.165, 1.54) is 57.4 Å². The van der Waals surface area contributed by atoms with Gasteiger partial charge in [0.05, 0.1) is 0 Å². The molecule has 0 N–H and O–H groups in total. The van der Waals surface area contributed by atoms with Crippen LogP contribution < -0.4 is 0 Å². The van der Waals surface area contributed by atoms with Crippen LogP contribution in [-0.4, -0.2) is 18.4 Å². The van der Waals surface area contributed by atoms with E-state index in [-0.39, 0.29) is 0 Å². The monoisotopic (exact) mass is 408 g/mol. The SMILES string of the molecule is C=[C](Cc1ccccc1)[Sn]([CH2]CCC)([CH2]CCC)[CH2]CCC. The van der Waals surface area contributed by atoms with Gasteiger partial charge >= 0.3 is 143 Å². The zero-order chi connectivity index (χ0) is 16.3. The standard InChI is InChI=1S/C9H9.3C4H9.Sn/c1-2-6-9-7-4-3-5-8-9;3*1-3-4-2;/h3-5,7-8H,1,6H2;3*1,3-4H2,2H3;. The summed E-state index contributed by atoms with van der Waals surface area (Å²) in [5, 5.41) is 0. The number of rotatable bonds is 12. The topological polar surface area (TPSA) is 0 Å². The van der Waals surface area contributed by atoms with E-state index in [0.717, 1.165) is 6.42 Å². The Morgan fingerprint density at radius 3 is 1.68 bits per heavy atom.